The minimum atomic E-state index is 0.0868. The van der Waals surface area contributed by atoms with Gasteiger partial charge in [0.2, 0.25) is 5.91 Å². The number of amides is 1. The number of aromatic nitrogens is 2. The summed E-state index contributed by atoms with van der Waals surface area (Å²) < 4.78 is 0. The molecule has 4 rings (SSSR count). The smallest absolute Gasteiger partial charge is 0.224 e. The number of carbonyl (C=O) groups excluding carboxylic acids is 1. The zero-order valence-corrected chi connectivity index (χ0v) is 15.6. The standard InChI is InChI=1S/C20H22N4OS/c1-14-4-2-5-15(10-14)11-20(25)21-16-7-8-24(13-16)19-12-17(22-23-19)18-6-3-9-26-18/h2-6,9-10,12,16H,7-8,11,13H2,1H3,(H,21,25)(H,22,23). The number of aromatic amines is 1. The molecule has 0 radical (unpaired) electrons. The van der Waals surface area contributed by atoms with Crippen LogP contribution < -0.4 is 10.2 Å². The second-order valence-corrected chi connectivity index (χ2v) is 7.73. The lowest BCUT2D eigenvalue weighted by Crippen LogP contribution is -2.38. The number of H-pyrrole nitrogens is 1. The maximum Gasteiger partial charge on any atom is 0.224 e. The molecule has 1 fully saturated rings. The fraction of sp³-hybridized carbons (Fsp3) is 0.300. The predicted octanol–water partition coefficient (Wildman–Crippen LogP) is 3.38. The first kappa shape index (κ1) is 16.8. The Labute approximate surface area is 157 Å². The number of hydrogen-bond acceptors (Lipinski definition) is 4. The Balaban J connectivity index is 1.33. The molecule has 1 aliphatic rings. The Kier molecular flexibility index (Phi) is 4.75. The van der Waals surface area contributed by atoms with Gasteiger partial charge in [-0.2, -0.15) is 5.10 Å². The quantitative estimate of drug-likeness (QED) is 0.728. The van der Waals surface area contributed by atoms with E-state index in [1.165, 1.54) is 10.4 Å². The molecule has 1 saturated heterocycles. The number of carbonyl (C=O) groups is 1. The SMILES string of the molecule is Cc1cccc(CC(=O)NC2CCN(c3cc(-c4cccs4)[nH]n3)C2)c1. The molecule has 6 heteroatoms. The molecule has 1 unspecified atom stereocenters. The summed E-state index contributed by atoms with van der Waals surface area (Å²) in [4.78, 5) is 15.7. The van der Waals surface area contributed by atoms with Crippen LogP contribution in [0, 0.1) is 6.92 Å². The molecule has 1 aromatic carbocycles. The zero-order chi connectivity index (χ0) is 17.9. The molecule has 0 saturated carbocycles. The van der Waals surface area contributed by atoms with Gasteiger partial charge in [-0.15, -0.1) is 11.3 Å². The first-order chi connectivity index (χ1) is 12.7. The molecule has 26 heavy (non-hydrogen) atoms. The molecule has 3 aromatic rings. The normalized spacial score (nSPS) is 16.8. The van der Waals surface area contributed by atoms with Gasteiger partial charge in [0, 0.05) is 25.2 Å². The maximum absolute atomic E-state index is 12.3. The van der Waals surface area contributed by atoms with Crippen molar-refractivity contribution in [1.82, 2.24) is 15.5 Å². The fourth-order valence-corrected chi connectivity index (χ4v) is 4.10. The van der Waals surface area contributed by atoms with E-state index >= 15 is 0 Å². The lowest BCUT2D eigenvalue weighted by Gasteiger charge is -2.16. The summed E-state index contributed by atoms with van der Waals surface area (Å²) in [6.45, 7) is 3.75. The van der Waals surface area contributed by atoms with Crippen molar-refractivity contribution in [2.75, 3.05) is 18.0 Å². The van der Waals surface area contributed by atoms with Gasteiger partial charge in [-0.1, -0.05) is 35.9 Å². The number of benzene rings is 1. The number of aryl methyl sites for hydroxylation is 1. The van der Waals surface area contributed by atoms with Crippen LogP contribution in [0.4, 0.5) is 5.82 Å². The Morgan fingerprint density at radius 3 is 3.08 bits per heavy atom. The highest BCUT2D eigenvalue weighted by Gasteiger charge is 2.25. The van der Waals surface area contributed by atoms with E-state index in [1.807, 2.05) is 31.2 Å². The van der Waals surface area contributed by atoms with E-state index in [1.54, 1.807) is 11.3 Å². The van der Waals surface area contributed by atoms with Crippen LogP contribution in [-0.2, 0) is 11.2 Å². The molecular formula is C20H22N4OS. The van der Waals surface area contributed by atoms with Gasteiger partial charge in [-0.05, 0) is 30.4 Å². The van der Waals surface area contributed by atoms with E-state index < -0.39 is 0 Å². The van der Waals surface area contributed by atoms with E-state index in [9.17, 15) is 4.79 Å². The van der Waals surface area contributed by atoms with E-state index in [4.69, 9.17) is 0 Å². The van der Waals surface area contributed by atoms with Crippen LogP contribution in [-0.4, -0.2) is 35.2 Å². The summed E-state index contributed by atoms with van der Waals surface area (Å²) in [6.07, 6.45) is 1.38. The molecule has 3 heterocycles. The van der Waals surface area contributed by atoms with E-state index in [-0.39, 0.29) is 11.9 Å². The number of rotatable bonds is 5. The van der Waals surface area contributed by atoms with Crippen LogP contribution in [0.1, 0.15) is 17.5 Å². The Morgan fingerprint density at radius 2 is 2.27 bits per heavy atom. The van der Waals surface area contributed by atoms with Crippen LogP contribution >= 0.6 is 11.3 Å². The van der Waals surface area contributed by atoms with Gasteiger partial charge in [0.25, 0.3) is 0 Å². The summed E-state index contributed by atoms with van der Waals surface area (Å²) in [7, 11) is 0. The average Bonchev–Trinajstić information content (AvgIpc) is 3.35. The molecule has 2 aromatic heterocycles. The number of anilines is 1. The zero-order valence-electron chi connectivity index (χ0n) is 14.7. The Hall–Kier alpha value is -2.60. The highest BCUT2D eigenvalue weighted by molar-refractivity contribution is 7.13. The van der Waals surface area contributed by atoms with Crippen LogP contribution in [0.15, 0.2) is 47.8 Å². The Morgan fingerprint density at radius 1 is 1.35 bits per heavy atom. The van der Waals surface area contributed by atoms with Crippen molar-refractivity contribution in [3.8, 4) is 10.6 Å². The van der Waals surface area contributed by atoms with Crippen molar-refractivity contribution in [1.29, 1.82) is 0 Å². The number of nitrogens with zero attached hydrogens (tertiary/aromatic N) is 2. The van der Waals surface area contributed by atoms with Crippen molar-refractivity contribution in [3.63, 3.8) is 0 Å². The molecule has 0 aliphatic carbocycles. The van der Waals surface area contributed by atoms with E-state index in [2.05, 4.69) is 44.0 Å². The molecule has 0 spiro atoms. The molecule has 5 nitrogen and oxygen atoms in total. The summed E-state index contributed by atoms with van der Waals surface area (Å²) in [5, 5.41) is 12.8. The molecule has 1 atom stereocenters. The first-order valence-electron chi connectivity index (χ1n) is 8.86. The van der Waals surface area contributed by atoms with Gasteiger partial charge < -0.3 is 10.2 Å². The summed E-state index contributed by atoms with van der Waals surface area (Å²) in [5.74, 6) is 1.03. The van der Waals surface area contributed by atoms with Gasteiger partial charge >= 0.3 is 0 Å². The molecule has 1 amide bonds. The van der Waals surface area contributed by atoms with Crippen LogP contribution in [0.3, 0.4) is 0 Å². The second kappa shape index (κ2) is 7.33. The molecule has 2 N–H and O–H groups in total. The number of nitrogens with one attached hydrogen (secondary N) is 2. The summed E-state index contributed by atoms with van der Waals surface area (Å²) >= 11 is 1.70. The molecular weight excluding hydrogens is 344 g/mol. The average molecular weight is 366 g/mol. The van der Waals surface area contributed by atoms with Crippen LogP contribution in [0.2, 0.25) is 0 Å². The number of hydrogen-bond donors (Lipinski definition) is 2. The van der Waals surface area contributed by atoms with Crippen molar-refractivity contribution in [2.24, 2.45) is 0 Å². The third kappa shape index (κ3) is 3.80. The minimum Gasteiger partial charge on any atom is -0.353 e. The van der Waals surface area contributed by atoms with Crippen LogP contribution in [0.5, 0.6) is 0 Å². The summed E-state index contributed by atoms with van der Waals surface area (Å²) in [6, 6.07) is 14.5. The molecule has 1 aliphatic heterocycles. The lowest BCUT2D eigenvalue weighted by atomic mass is 10.1. The van der Waals surface area contributed by atoms with Gasteiger partial charge in [0.05, 0.1) is 17.0 Å². The van der Waals surface area contributed by atoms with Crippen molar-refractivity contribution < 1.29 is 4.79 Å². The minimum absolute atomic E-state index is 0.0868. The third-order valence-electron chi connectivity index (χ3n) is 4.68. The van der Waals surface area contributed by atoms with Gasteiger partial charge in [0.1, 0.15) is 0 Å². The van der Waals surface area contributed by atoms with Gasteiger partial charge in [-0.25, -0.2) is 0 Å². The number of thiophene rings is 1. The second-order valence-electron chi connectivity index (χ2n) is 6.78. The first-order valence-corrected chi connectivity index (χ1v) is 9.74. The Bertz CT molecular complexity index is 887. The van der Waals surface area contributed by atoms with E-state index in [0.717, 1.165) is 36.6 Å². The van der Waals surface area contributed by atoms with Crippen molar-refractivity contribution >= 4 is 23.1 Å². The summed E-state index contributed by atoms with van der Waals surface area (Å²) in [5.41, 5.74) is 3.29. The van der Waals surface area contributed by atoms with Crippen LogP contribution in [0.25, 0.3) is 10.6 Å². The molecule has 134 valence electrons. The van der Waals surface area contributed by atoms with Crippen molar-refractivity contribution in [3.05, 3.63) is 59.0 Å². The maximum atomic E-state index is 12.3. The van der Waals surface area contributed by atoms with Crippen molar-refractivity contribution in [2.45, 2.75) is 25.8 Å². The van der Waals surface area contributed by atoms with Gasteiger partial charge in [-0.3, -0.25) is 9.89 Å². The van der Waals surface area contributed by atoms with Gasteiger partial charge in [0.15, 0.2) is 5.82 Å². The lowest BCUT2D eigenvalue weighted by molar-refractivity contribution is -0.121. The molecule has 0 bridgehead atoms. The topological polar surface area (TPSA) is 61.0 Å². The highest BCUT2D eigenvalue weighted by atomic mass is 32.1. The fourth-order valence-electron chi connectivity index (χ4n) is 3.40. The third-order valence-corrected chi connectivity index (χ3v) is 5.58. The predicted molar refractivity (Wildman–Crippen MR) is 106 cm³/mol. The highest BCUT2D eigenvalue weighted by Crippen LogP contribution is 2.27. The van der Waals surface area contributed by atoms with E-state index in [0.29, 0.717) is 6.42 Å². The monoisotopic (exact) mass is 366 g/mol. The largest absolute Gasteiger partial charge is 0.353 e.